The number of nitrogens with zero attached hydrogens (tertiary/aromatic N) is 2. The summed E-state index contributed by atoms with van der Waals surface area (Å²) in [5, 5.41) is 4.64. The molecule has 31 heavy (non-hydrogen) atoms. The lowest BCUT2D eigenvalue weighted by atomic mass is 10.2. The van der Waals surface area contributed by atoms with Gasteiger partial charge in [0.1, 0.15) is 18.1 Å². The lowest BCUT2D eigenvalue weighted by Crippen LogP contribution is -2.34. The van der Waals surface area contributed by atoms with Gasteiger partial charge in [-0.15, -0.1) is 0 Å². The molecule has 166 valence electrons. The van der Waals surface area contributed by atoms with E-state index in [1.54, 1.807) is 30.3 Å². The van der Waals surface area contributed by atoms with E-state index in [9.17, 15) is 8.42 Å². The molecule has 0 N–H and O–H groups in total. The van der Waals surface area contributed by atoms with Crippen LogP contribution >= 0.6 is 23.2 Å². The Hall–Kier alpha value is -2.22. The van der Waals surface area contributed by atoms with E-state index >= 15 is 0 Å². The van der Waals surface area contributed by atoms with Crippen molar-refractivity contribution in [3.63, 3.8) is 0 Å². The predicted molar refractivity (Wildman–Crippen MR) is 123 cm³/mol. The summed E-state index contributed by atoms with van der Waals surface area (Å²) in [6, 6.07) is 11.1. The lowest BCUT2D eigenvalue weighted by Gasteiger charge is -2.26. The van der Waals surface area contributed by atoms with Gasteiger partial charge in [-0.05, 0) is 62.2 Å². The Balaban J connectivity index is 1.86. The maximum Gasteiger partial charge on any atom is 0.264 e. The molecule has 2 aromatic carbocycles. The minimum atomic E-state index is -3.84. The minimum absolute atomic E-state index is 0.0881. The first-order valence-electron chi connectivity index (χ1n) is 9.71. The number of aryl methyl sites for hydroxylation is 2. The molecule has 3 rings (SSSR count). The Bertz CT molecular complexity index is 1120. The van der Waals surface area contributed by atoms with Crippen LogP contribution in [0.4, 0.5) is 5.69 Å². The van der Waals surface area contributed by atoms with Gasteiger partial charge in [0.25, 0.3) is 10.0 Å². The number of aromatic nitrogens is 1. The van der Waals surface area contributed by atoms with Crippen molar-refractivity contribution in [2.45, 2.75) is 39.2 Å². The summed E-state index contributed by atoms with van der Waals surface area (Å²) in [5.41, 5.74) is 2.06. The van der Waals surface area contributed by atoms with Crippen LogP contribution in [0.3, 0.4) is 0 Å². The van der Waals surface area contributed by atoms with Crippen LogP contribution in [-0.4, -0.2) is 20.1 Å². The molecule has 9 heteroatoms. The highest BCUT2D eigenvalue weighted by atomic mass is 35.5. The SMILES string of the molecule is Cc1noc(C)c1COc1ccc(S(=O)(=O)N(CC(C)C)c2cc(Cl)cc(Cl)c2)cc1. The third-order valence-corrected chi connectivity index (χ3v) is 6.89. The highest BCUT2D eigenvalue weighted by Crippen LogP contribution is 2.31. The van der Waals surface area contributed by atoms with Gasteiger partial charge < -0.3 is 9.26 Å². The second kappa shape index (κ2) is 9.51. The summed E-state index contributed by atoms with van der Waals surface area (Å²) < 4.78 is 39.1. The van der Waals surface area contributed by atoms with Gasteiger partial charge in [-0.1, -0.05) is 42.2 Å². The Morgan fingerprint density at radius 3 is 2.19 bits per heavy atom. The predicted octanol–water partition coefficient (Wildman–Crippen LogP) is 6.03. The first kappa shape index (κ1) is 23.4. The fraction of sp³-hybridized carbons (Fsp3) is 0.318. The maximum atomic E-state index is 13.4. The summed E-state index contributed by atoms with van der Waals surface area (Å²) in [6.45, 7) is 8.12. The van der Waals surface area contributed by atoms with Gasteiger partial charge in [-0.2, -0.15) is 0 Å². The highest BCUT2D eigenvalue weighted by molar-refractivity contribution is 7.92. The molecule has 0 saturated carbocycles. The van der Waals surface area contributed by atoms with Crippen molar-refractivity contribution in [1.82, 2.24) is 5.16 Å². The second-order valence-electron chi connectivity index (χ2n) is 7.62. The van der Waals surface area contributed by atoms with Crippen molar-refractivity contribution < 1.29 is 17.7 Å². The van der Waals surface area contributed by atoms with Gasteiger partial charge in [0.05, 0.1) is 21.8 Å². The fourth-order valence-electron chi connectivity index (χ4n) is 3.06. The number of rotatable bonds is 8. The highest BCUT2D eigenvalue weighted by Gasteiger charge is 2.26. The summed E-state index contributed by atoms with van der Waals surface area (Å²) in [5.74, 6) is 1.33. The van der Waals surface area contributed by atoms with Crippen LogP contribution in [0, 0.1) is 19.8 Å². The Kier molecular flexibility index (Phi) is 7.19. The standard InChI is InChI=1S/C22H24Cl2N2O4S/c1-14(2)12-26(19-10-17(23)9-18(24)11-19)31(27,28)21-7-5-20(6-8-21)29-13-22-15(3)25-30-16(22)4/h5-11,14H,12-13H2,1-4H3. The molecular formula is C22H24Cl2N2O4S. The molecule has 0 amide bonds. The topological polar surface area (TPSA) is 72.6 Å². The summed E-state index contributed by atoms with van der Waals surface area (Å²) >= 11 is 12.2. The van der Waals surface area contributed by atoms with Crippen LogP contribution < -0.4 is 9.04 Å². The van der Waals surface area contributed by atoms with E-state index in [2.05, 4.69) is 5.16 Å². The third-order valence-electron chi connectivity index (χ3n) is 4.64. The number of ether oxygens (including phenoxy) is 1. The number of anilines is 1. The van der Waals surface area contributed by atoms with Crippen molar-refractivity contribution in [2.24, 2.45) is 5.92 Å². The second-order valence-corrected chi connectivity index (χ2v) is 10.4. The van der Waals surface area contributed by atoms with E-state index in [1.807, 2.05) is 27.7 Å². The molecule has 0 aliphatic heterocycles. The Labute approximate surface area is 192 Å². The molecule has 0 aliphatic rings. The van der Waals surface area contributed by atoms with Crippen molar-refractivity contribution in [1.29, 1.82) is 0 Å². The molecule has 0 unspecified atom stereocenters. The van der Waals surface area contributed by atoms with Gasteiger partial charge in [0.2, 0.25) is 0 Å². The maximum absolute atomic E-state index is 13.4. The largest absolute Gasteiger partial charge is 0.489 e. The lowest BCUT2D eigenvalue weighted by molar-refractivity contribution is 0.301. The molecule has 1 heterocycles. The molecular weight excluding hydrogens is 459 g/mol. The smallest absolute Gasteiger partial charge is 0.264 e. The van der Waals surface area contributed by atoms with Crippen molar-refractivity contribution in [2.75, 3.05) is 10.8 Å². The molecule has 6 nitrogen and oxygen atoms in total. The number of hydrogen-bond donors (Lipinski definition) is 0. The number of halogens is 2. The zero-order valence-electron chi connectivity index (χ0n) is 17.7. The van der Waals surface area contributed by atoms with Gasteiger partial charge in [-0.3, -0.25) is 4.31 Å². The van der Waals surface area contributed by atoms with Crippen molar-refractivity contribution >= 4 is 38.9 Å². The molecule has 0 saturated heterocycles. The van der Waals surface area contributed by atoms with E-state index < -0.39 is 10.0 Å². The van der Waals surface area contributed by atoms with Crippen LogP contribution in [0.2, 0.25) is 10.0 Å². The molecule has 0 fully saturated rings. The fourth-order valence-corrected chi connectivity index (χ4v) is 5.18. The zero-order chi connectivity index (χ0) is 22.8. The van der Waals surface area contributed by atoms with Gasteiger partial charge in [-0.25, -0.2) is 8.42 Å². The monoisotopic (exact) mass is 482 g/mol. The van der Waals surface area contributed by atoms with Crippen LogP contribution in [-0.2, 0) is 16.6 Å². The number of benzene rings is 2. The summed E-state index contributed by atoms with van der Waals surface area (Å²) in [7, 11) is -3.84. The average molecular weight is 483 g/mol. The van der Waals surface area contributed by atoms with E-state index in [0.717, 1.165) is 11.3 Å². The van der Waals surface area contributed by atoms with Crippen LogP contribution in [0.5, 0.6) is 5.75 Å². The number of sulfonamides is 1. The molecule has 0 atom stereocenters. The molecule has 1 aromatic heterocycles. The zero-order valence-corrected chi connectivity index (χ0v) is 20.1. The number of hydrogen-bond acceptors (Lipinski definition) is 5. The van der Waals surface area contributed by atoms with Crippen LogP contribution in [0.1, 0.15) is 30.9 Å². The molecule has 0 radical (unpaired) electrons. The molecule has 3 aromatic rings. The van der Waals surface area contributed by atoms with Gasteiger partial charge in [0, 0.05) is 16.6 Å². The van der Waals surface area contributed by atoms with Crippen LogP contribution in [0.25, 0.3) is 0 Å². The van der Waals surface area contributed by atoms with Crippen LogP contribution in [0.15, 0.2) is 51.9 Å². The van der Waals surface area contributed by atoms with Gasteiger partial charge >= 0.3 is 0 Å². The summed E-state index contributed by atoms with van der Waals surface area (Å²) in [6.07, 6.45) is 0. The first-order chi connectivity index (χ1) is 14.6. The molecule has 0 aliphatic carbocycles. The van der Waals surface area contributed by atoms with E-state index in [-0.39, 0.29) is 24.0 Å². The normalized spacial score (nSPS) is 11.7. The minimum Gasteiger partial charge on any atom is -0.489 e. The van der Waals surface area contributed by atoms with E-state index in [4.69, 9.17) is 32.5 Å². The van der Waals surface area contributed by atoms with E-state index in [1.165, 1.54) is 16.4 Å². The quantitative estimate of drug-likeness (QED) is 0.391. The third kappa shape index (κ3) is 5.53. The first-order valence-corrected chi connectivity index (χ1v) is 11.9. The Morgan fingerprint density at radius 1 is 1.06 bits per heavy atom. The summed E-state index contributed by atoms with van der Waals surface area (Å²) in [4.78, 5) is 0.147. The Morgan fingerprint density at radius 2 is 1.68 bits per heavy atom. The van der Waals surface area contributed by atoms with E-state index in [0.29, 0.717) is 27.2 Å². The molecule has 0 bridgehead atoms. The van der Waals surface area contributed by atoms with Crippen molar-refractivity contribution in [3.05, 3.63) is 69.5 Å². The average Bonchev–Trinajstić information content (AvgIpc) is 3.01. The van der Waals surface area contributed by atoms with Crippen molar-refractivity contribution in [3.8, 4) is 5.75 Å². The molecule has 0 spiro atoms. The van der Waals surface area contributed by atoms with Gasteiger partial charge in [0.15, 0.2) is 0 Å².